The molecule has 0 unspecified atom stereocenters. The molecule has 0 aromatic heterocycles. The van der Waals surface area contributed by atoms with Crippen LogP contribution in [0.15, 0.2) is 0 Å². The number of carbonyl (C=O) groups excluding carboxylic acids is 1. The van der Waals surface area contributed by atoms with Gasteiger partial charge < -0.3 is 14.3 Å². The smallest absolute Gasteiger partial charge is 0.168 e. The highest BCUT2D eigenvalue weighted by Gasteiger charge is 2.43. The molecule has 2 aliphatic rings. The fourth-order valence-electron chi connectivity index (χ4n) is 2.16. The number of hydrogen-bond acceptors (Lipinski definition) is 3. The van der Waals surface area contributed by atoms with E-state index in [1.807, 2.05) is 0 Å². The summed E-state index contributed by atoms with van der Waals surface area (Å²) in [7, 11) is 0. The van der Waals surface area contributed by atoms with Crippen LogP contribution >= 0.6 is 0 Å². The van der Waals surface area contributed by atoms with Crippen LogP contribution in [0.3, 0.4) is 0 Å². The van der Waals surface area contributed by atoms with Crippen LogP contribution in [0.4, 0.5) is 0 Å². The van der Waals surface area contributed by atoms with Crippen LogP contribution in [0.2, 0.25) is 0 Å². The Hall–Kier alpha value is -0.410. The molecule has 3 heteroatoms. The summed E-state index contributed by atoms with van der Waals surface area (Å²) in [5, 5.41) is 0. The van der Waals surface area contributed by atoms with Crippen LogP contribution in [0, 0.1) is 5.92 Å². The third kappa shape index (κ3) is 1.39. The van der Waals surface area contributed by atoms with Crippen LogP contribution < -0.4 is 0 Å². The first-order valence-corrected chi connectivity index (χ1v) is 4.56. The summed E-state index contributed by atoms with van der Waals surface area (Å²) >= 11 is 0. The van der Waals surface area contributed by atoms with Crippen molar-refractivity contribution in [3.8, 4) is 0 Å². The van der Waals surface area contributed by atoms with E-state index in [2.05, 4.69) is 0 Å². The van der Waals surface area contributed by atoms with Gasteiger partial charge in [-0.25, -0.2) is 0 Å². The second-order valence-corrected chi connectivity index (χ2v) is 3.62. The Morgan fingerprint density at radius 3 is 2.83 bits per heavy atom. The summed E-state index contributed by atoms with van der Waals surface area (Å²) in [5.41, 5.74) is 0. The van der Waals surface area contributed by atoms with Gasteiger partial charge in [-0.15, -0.1) is 0 Å². The summed E-state index contributed by atoms with van der Waals surface area (Å²) < 4.78 is 11.1. The second-order valence-electron chi connectivity index (χ2n) is 3.62. The molecule has 0 aromatic carbocycles. The summed E-state index contributed by atoms with van der Waals surface area (Å²) in [6, 6.07) is 0. The van der Waals surface area contributed by atoms with Crippen molar-refractivity contribution in [2.45, 2.75) is 31.5 Å². The van der Waals surface area contributed by atoms with E-state index >= 15 is 0 Å². The molecule has 68 valence electrons. The number of aldehydes is 1. The van der Waals surface area contributed by atoms with Crippen molar-refractivity contribution >= 4 is 6.29 Å². The van der Waals surface area contributed by atoms with Crippen molar-refractivity contribution in [1.29, 1.82) is 0 Å². The highest BCUT2D eigenvalue weighted by Crippen LogP contribution is 2.41. The zero-order valence-electron chi connectivity index (χ0n) is 7.12. The molecule has 2 fully saturated rings. The van der Waals surface area contributed by atoms with E-state index < -0.39 is 0 Å². The first-order valence-electron chi connectivity index (χ1n) is 4.56. The molecule has 1 spiro atoms. The molecule has 12 heavy (non-hydrogen) atoms. The quantitative estimate of drug-likeness (QED) is 0.582. The molecular formula is C9H14O3. The third-order valence-corrected chi connectivity index (χ3v) is 2.78. The molecule has 0 aromatic rings. The molecule has 1 heterocycles. The first-order chi connectivity index (χ1) is 5.85. The molecule has 1 aliphatic heterocycles. The Balaban J connectivity index is 1.91. The Morgan fingerprint density at radius 2 is 2.17 bits per heavy atom. The molecule has 3 nitrogen and oxygen atoms in total. The lowest BCUT2D eigenvalue weighted by molar-refractivity contribution is -0.152. The standard InChI is InChI=1S/C9H14O3/c10-4-2-8-1-3-9(7-8)11-5-6-12-9/h4,8H,1-3,5-7H2/t8-/m1/s1. The van der Waals surface area contributed by atoms with Crippen molar-refractivity contribution in [1.82, 2.24) is 0 Å². The molecule has 2 rings (SSSR count). The van der Waals surface area contributed by atoms with Crippen LogP contribution in [0.25, 0.3) is 0 Å². The molecule has 1 saturated heterocycles. The lowest BCUT2D eigenvalue weighted by atomic mass is 10.1. The van der Waals surface area contributed by atoms with Crippen LogP contribution in [-0.2, 0) is 14.3 Å². The summed E-state index contributed by atoms with van der Waals surface area (Å²) in [5.74, 6) is 0.189. The fraction of sp³-hybridized carbons (Fsp3) is 0.889. The molecule has 1 atom stereocenters. The van der Waals surface area contributed by atoms with Gasteiger partial charge in [0.2, 0.25) is 0 Å². The van der Waals surface area contributed by atoms with Gasteiger partial charge in [-0.2, -0.15) is 0 Å². The molecule has 0 amide bonds. The van der Waals surface area contributed by atoms with Crippen molar-refractivity contribution < 1.29 is 14.3 Å². The maximum atomic E-state index is 10.3. The van der Waals surface area contributed by atoms with Gasteiger partial charge in [0.05, 0.1) is 13.2 Å². The van der Waals surface area contributed by atoms with Crippen LogP contribution in [0.1, 0.15) is 25.7 Å². The summed E-state index contributed by atoms with van der Waals surface area (Å²) in [4.78, 5) is 10.3. The van der Waals surface area contributed by atoms with E-state index in [9.17, 15) is 4.79 Å². The number of hydrogen-bond donors (Lipinski definition) is 0. The number of rotatable bonds is 2. The lowest BCUT2D eigenvalue weighted by Gasteiger charge is -2.21. The van der Waals surface area contributed by atoms with Gasteiger partial charge in [0.1, 0.15) is 6.29 Å². The average Bonchev–Trinajstić information content (AvgIpc) is 2.65. The number of carbonyl (C=O) groups is 1. The van der Waals surface area contributed by atoms with Crippen molar-refractivity contribution in [3.63, 3.8) is 0 Å². The summed E-state index contributed by atoms with van der Waals surface area (Å²) in [6.07, 6.45) is 4.60. The van der Waals surface area contributed by atoms with Crippen molar-refractivity contribution in [2.24, 2.45) is 5.92 Å². The van der Waals surface area contributed by atoms with E-state index in [0.717, 1.165) is 25.5 Å². The summed E-state index contributed by atoms with van der Waals surface area (Å²) in [6.45, 7) is 1.43. The Morgan fingerprint density at radius 1 is 1.42 bits per heavy atom. The van der Waals surface area contributed by atoms with Gasteiger partial charge in [-0.05, 0) is 12.3 Å². The average molecular weight is 170 g/mol. The van der Waals surface area contributed by atoms with E-state index in [4.69, 9.17) is 9.47 Å². The zero-order chi connectivity index (χ0) is 8.44. The molecule has 0 radical (unpaired) electrons. The predicted octanol–water partition coefficient (Wildman–Crippen LogP) is 1.12. The topological polar surface area (TPSA) is 35.5 Å². The largest absolute Gasteiger partial charge is 0.348 e. The molecule has 0 N–H and O–H groups in total. The van der Waals surface area contributed by atoms with Gasteiger partial charge in [0.15, 0.2) is 5.79 Å². The van der Waals surface area contributed by atoms with Crippen LogP contribution in [0.5, 0.6) is 0 Å². The highest BCUT2D eigenvalue weighted by atomic mass is 16.7. The minimum Gasteiger partial charge on any atom is -0.348 e. The van der Waals surface area contributed by atoms with Crippen molar-refractivity contribution in [2.75, 3.05) is 13.2 Å². The Labute approximate surface area is 72.0 Å². The van der Waals surface area contributed by atoms with Gasteiger partial charge in [0.25, 0.3) is 0 Å². The van der Waals surface area contributed by atoms with E-state index in [0.29, 0.717) is 25.6 Å². The lowest BCUT2D eigenvalue weighted by Crippen LogP contribution is -2.25. The second kappa shape index (κ2) is 3.15. The van der Waals surface area contributed by atoms with Crippen molar-refractivity contribution in [3.05, 3.63) is 0 Å². The molecule has 1 aliphatic carbocycles. The minimum atomic E-state index is -0.298. The molecule has 0 bridgehead atoms. The van der Waals surface area contributed by atoms with E-state index in [1.54, 1.807) is 0 Å². The normalized spacial score (nSPS) is 32.8. The number of ether oxygens (including phenoxy) is 2. The maximum Gasteiger partial charge on any atom is 0.168 e. The molecule has 1 saturated carbocycles. The monoisotopic (exact) mass is 170 g/mol. The van der Waals surface area contributed by atoms with Gasteiger partial charge >= 0.3 is 0 Å². The maximum absolute atomic E-state index is 10.3. The van der Waals surface area contributed by atoms with E-state index in [1.165, 1.54) is 0 Å². The van der Waals surface area contributed by atoms with Gasteiger partial charge in [0, 0.05) is 19.3 Å². The van der Waals surface area contributed by atoms with Crippen LogP contribution in [-0.4, -0.2) is 25.3 Å². The highest BCUT2D eigenvalue weighted by molar-refractivity contribution is 5.49. The Kier molecular flexibility index (Phi) is 2.15. The first kappa shape index (κ1) is 8.20. The predicted molar refractivity (Wildman–Crippen MR) is 42.7 cm³/mol. The Bertz CT molecular complexity index is 173. The minimum absolute atomic E-state index is 0.298. The third-order valence-electron chi connectivity index (χ3n) is 2.78. The zero-order valence-corrected chi connectivity index (χ0v) is 7.12. The fourth-order valence-corrected chi connectivity index (χ4v) is 2.16. The molecular weight excluding hydrogens is 156 g/mol. The van der Waals surface area contributed by atoms with E-state index in [-0.39, 0.29) is 5.79 Å². The SMILES string of the molecule is O=CC[C@H]1CCC2(C1)OCCO2. The van der Waals surface area contributed by atoms with Gasteiger partial charge in [-0.3, -0.25) is 0 Å². The van der Waals surface area contributed by atoms with Gasteiger partial charge in [-0.1, -0.05) is 0 Å².